The molecule has 0 atom stereocenters. The Labute approximate surface area is 147 Å². The third kappa shape index (κ3) is 5.35. The first-order valence-corrected chi connectivity index (χ1v) is 6.66. The lowest BCUT2D eigenvalue weighted by Crippen LogP contribution is -2.22. The van der Waals surface area contributed by atoms with Gasteiger partial charge in [-0.3, -0.25) is 4.98 Å². The topological polar surface area (TPSA) is 98.9 Å². The first kappa shape index (κ1) is 20.2. The van der Waals surface area contributed by atoms with Gasteiger partial charge in [-0.1, -0.05) is 0 Å². The van der Waals surface area contributed by atoms with Crippen molar-refractivity contribution in [1.82, 2.24) is 4.98 Å². The smallest absolute Gasteiger partial charge is 0.417 e. The third-order valence-corrected chi connectivity index (χ3v) is 2.96. The van der Waals surface area contributed by atoms with E-state index in [0.29, 0.717) is 11.3 Å². The largest absolute Gasteiger partial charge is 0.497 e. The van der Waals surface area contributed by atoms with Crippen LogP contribution in [0, 0.1) is 0 Å². The Hall–Kier alpha value is -2.81. The molecule has 0 amide bonds. The number of pyridine rings is 1. The Morgan fingerprint density at radius 1 is 1.04 bits per heavy atom. The maximum absolute atomic E-state index is 12.6. The van der Waals surface area contributed by atoms with E-state index in [9.17, 15) is 13.2 Å². The number of ether oxygens (including phenoxy) is 1. The molecule has 1 heterocycles. The molecule has 2 aromatic rings. The van der Waals surface area contributed by atoms with Gasteiger partial charge in [0.1, 0.15) is 11.5 Å². The second kappa shape index (κ2) is 8.34. The van der Waals surface area contributed by atoms with Crippen molar-refractivity contribution in [1.29, 1.82) is 0 Å². The summed E-state index contributed by atoms with van der Waals surface area (Å²) in [4.78, 5) is 3.81. The van der Waals surface area contributed by atoms with Crippen molar-refractivity contribution in [2.45, 2.75) is 6.18 Å². The summed E-state index contributed by atoms with van der Waals surface area (Å²) < 4.78 is 43.0. The molecule has 0 fully saturated rings. The number of guanidine groups is 1. The Kier molecular flexibility index (Phi) is 6.75. The summed E-state index contributed by atoms with van der Waals surface area (Å²) in [5.74, 6) is 0.327. The van der Waals surface area contributed by atoms with Crippen LogP contribution in [-0.4, -0.2) is 23.8 Å². The summed E-state index contributed by atoms with van der Waals surface area (Å²) in [5.41, 5.74) is 10.6. The van der Waals surface area contributed by atoms with Crippen LogP contribution in [0.5, 0.6) is 5.75 Å². The molecular formula is C15H15ClF3N5O. The number of aromatic nitrogens is 1. The minimum Gasteiger partial charge on any atom is -0.497 e. The van der Waals surface area contributed by atoms with Gasteiger partial charge in [-0.05, 0) is 36.4 Å². The molecule has 0 aliphatic heterocycles. The summed E-state index contributed by atoms with van der Waals surface area (Å²) in [6.45, 7) is 0. The highest BCUT2D eigenvalue weighted by molar-refractivity contribution is 6.11. The lowest BCUT2D eigenvalue weighted by molar-refractivity contribution is -0.137. The second-order valence-corrected chi connectivity index (χ2v) is 4.63. The fraction of sp³-hybridized carbons (Fsp3) is 0.133. The van der Waals surface area contributed by atoms with E-state index in [-0.39, 0.29) is 29.8 Å². The zero-order valence-corrected chi connectivity index (χ0v) is 13.8. The highest BCUT2D eigenvalue weighted by Crippen LogP contribution is 2.28. The van der Waals surface area contributed by atoms with Crippen LogP contribution in [0.25, 0.3) is 0 Å². The van der Waals surface area contributed by atoms with Crippen LogP contribution in [0.3, 0.4) is 0 Å². The Bertz CT molecular complexity index is 754. The van der Waals surface area contributed by atoms with Gasteiger partial charge in [0.05, 0.1) is 18.4 Å². The van der Waals surface area contributed by atoms with Crippen molar-refractivity contribution in [2.24, 2.45) is 21.7 Å². The zero-order chi connectivity index (χ0) is 17.7. The molecule has 25 heavy (non-hydrogen) atoms. The van der Waals surface area contributed by atoms with E-state index in [1.54, 1.807) is 24.3 Å². The maximum Gasteiger partial charge on any atom is 0.417 e. The minimum absolute atomic E-state index is 0. The number of nitrogens with two attached hydrogens (primary N) is 2. The molecule has 0 bridgehead atoms. The van der Waals surface area contributed by atoms with Crippen molar-refractivity contribution >= 4 is 24.1 Å². The van der Waals surface area contributed by atoms with Crippen molar-refractivity contribution in [2.75, 3.05) is 7.11 Å². The van der Waals surface area contributed by atoms with E-state index in [1.807, 2.05) is 0 Å². The van der Waals surface area contributed by atoms with E-state index in [2.05, 4.69) is 15.2 Å². The Morgan fingerprint density at radius 3 is 2.12 bits per heavy atom. The lowest BCUT2D eigenvalue weighted by atomic mass is 10.1. The standard InChI is InChI=1S/C15H14F3N5O.ClH/c1-24-11-5-2-9(3-6-11)13(22-23-14(19)20)12-7-4-10(8-21-12)15(16,17)18;/h2-8H,1H3,(H4,19,20,23);1H/b22-13-;. The quantitative estimate of drug-likeness (QED) is 0.488. The normalized spacial score (nSPS) is 11.4. The molecule has 0 saturated carbocycles. The summed E-state index contributed by atoms with van der Waals surface area (Å²) in [7, 11) is 1.51. The van der Waals surface area contributed by atoms with E-state index in [1.165, 1.54) is 13.2 Å². The highest BCUT2D eigenvalue weighted by Gasteiger charge is 2.30. The molecule has 1 aromatic carbocycles. The molecule has 0 aliphatic carbocycles. The van der Waals surface area contributed by atoms with Gasteiger partial charge in [0.2, 0.25) is 5.96 Å². The zero-order valence-electron chi connectivity index (χ0n) is 13.0. The number of rotatable bonds is 4. The molecule has 134 valence electrons. The molecule has 1 aromatic heterocycles. The SMILES string of the molecule is COc1ccc(/C(=N/N=C(N)N)c2ccc(C(F)(F)F)cn2)cc1.Cl. The summed E-state index contributed by atoms with van der Waals surface area (Å²) in [6.07, 6.45) is -3.74. The first-order chi connectivity index (χ1) is 11.3. The Balaban J connectivity index is 0.00000312. The van der Waals surface area contributed by atoms with E-state index in [4.69, 9.17) is 16.2 Å². The van der Waals surface area contributed by atoms with Crippen LogP contribution in [0.15, 0.2) is 52.8 Å². The van der Waals surface area contributed by atoms with Crippen molar-refractivity contribution < 1.29 is 17.9 Å². The molecular weight excluding hydrogens is 359 g/mol. The van der Waals surface area contributed by atoms with Crippen LogP contribution in [0.4, 0.5) is 13.2 Å². The van der Waals surface area contributed by atoms with Crippen molar-refractivity contribution in [3.63, 3.8) is 0 Å². The average Bonchev–Trinajstić information content (AvgIpc) is 2.55. The maximum atomic E-state index is 12.6. The van der Waals surface area contributed by atoms with Gasteiger partial charge in [0, 0.05) is 11.8 Å². The molecule has 10 heteroatoms. The number of benzene rings is 1. The molecule has 4 N–H and O–H groups in total. The van der Waals surface area contributed by atoms with Crippen LogP contribution >= 0.6 is 12.4 Å². The molecule has 0 saturated heterocycles. The van der Waals surface area contributed by atoms with Crippen molar-refractivity contribution in [3.8, 4) is 5.75 Å². The molecule has 2 rings (SSSR count). The van der Waals surface area contributed by atoms with Gasteiger partial charge in [-0.2, -0.15) is 13.2 Å². The van der Waals surface area contributed by atoms with Crippen LogP contribution in [0.2, 0.25) is 0 Å². The van der Waals surface area contributed by atoms with E-state index >= 15 is 0 Å². The van der Waals surface area contributed by atoms with Crippen LogP contribution < -0.4 is 16.2 Å². The summed E-state index contributed by atoms with van der Waals surface area (Å²) in [6, 6.07) is 8.79. The number of hydrogen-bond donors (Lipinski definition) is 2. The number of alkyl halides is 3. The summed E-state index contributed by atoms with van der Waals surface area (Å²) >= 11 is 0. The highest BCUT2D eigenvalue weighted by atomic mass is 35.5. The minimum atomic E-state index is -4.47. The fourth-order valence-corrected chi connectivity index (χ4v) is 1.82. The second-order valence-electron chi connectivity index (χ2n) is 4.63. The Morgan fingerprint density at radius 2 is 1.68 bits per heavy atom. The average molecular weight is 374 g/mol. The molecule has 0 unspecified atom stereocenters. The van der Waals surface area contributed by atoms with Gasteiger partial charge < -0.3 is 16.2 Å². The fourth-order valence-electron chi connectivity index (χ4n) is 1.82. The monoisotopic (exact) mass is 373 g/mol. The molecule has 0 aliphatic rings. The van der Waals surface area contributed by atoms with Gasteiger partial charge in [0.25, 0.3) is 0 Å². The number of nitrogens with zero attached hydrogens (tertiary/aromatic N) is 3. The first-order valence-electron chi connectivity index (χ1n) is 6.66. The number of halogens is 4. The number of hydrogen-bond acceptors (Lipinski definition) is 4. The van der Waals surface area contributed by atoms with Crippen LogP contribution in [0.1, 0.15) is 16.8 Å². The molecule has 0 radical (unpaired) electrons. The molecule has 0 spiro atoms. The third-order valence-electron chi connectivity index (χ3n) is 2.96. The lowest BCUT2D eigenvalue weighted by Gasteiger charge is -2.09. The van der Waals surface area contributed by atoms with Crippen LogP contribution in [-0.2, 0) is 6.18 Å². The predicted octanol–water partition coefficient (Wildman–Crippen LogP) is 2.56. The van der Waals surface area contributed by atoms with Crippen molar-refractivity contribution in [3.05, 3.63) is 59.4 Å². The van der Waals surface area contributed by atoms with E-state index < -0.39 is 11.7 Å². The predicted molar refractivity (Wildman–Crippen MR) is 90.9 cm³/mol. The number of methoxy groups -OCH3 is 1. The van der Waals surface area contributed by atoms with Gasteiger partial charge in [-0.15, -0.1) is 22.6 Å². The molecule has 6 nitrogen and oxygen atoms in total. The van der Waals surface area contributed by atoms with Gasteiger partial charge in [-0.25, -0.2) is 0 Å². The van der Waals surface area contributed by atoms with Gasteiger partial charge in [0.15, 0.2) is 0 Å². The summed E-state index contributed by atoms with van der Waals surface area (Å²) in [5, 5.41) is 7.44. The van der Waals surface area contributed by atoms with E-state index in [0.717, 1.165) is 12.3 Å². The van der Waals surface area contributed by atoms with Gasteiger partial charge >= 0.3 is 6.18 Å².